The molecule has 0 aliphatic carbocycles. The van der Waals surface area contributed by atoms with Crippen LogP contribution in [0.2, 0.25) is 0 Å². The molecule has 1 aliphatic rings. The Hall–Kier alpha value is -3.44. The number of nitrogens with two attached hydrogens (primary N) is 1. The zero-order valence-electron chi connectivity index (χ0n) is 19.0. The van der Waals surface area contributed by atoms with E-state index in [-0.39, 0.29) is 18.6 Å². The molecule has 11 nitrogen and oxygen atoms in total. The van der Waals surface area contributed by atoms with E-state index < -0.39 is 0 Å². The van der Waals surface area contributed by atoms with Gasteiger partial charge in [0.25, 0.3) is 0 Å². The summed E-state index contributed by atoms with van der Waals surface area (Å²) in [6.07, 6.45) is 2.25. The third-order valence-electron chi connectivity index (χ3n) is 5.33. The Morgan fingerprint density at radius 2 is 1.91 bits per heavy atom. The van der Waals surface area contributed by atoms with Gasteiger partial charge in [0.05, 0.1) is 25.9 Å². The Bertz CT molecular complexity index is 1030. The fourth-order valence-corrected chi connectivity index (χ4v) is 3.75. The van der Waals surface area contributed by atoms with Gasteiger partial charge >= 0.3 is 0 Å². The third kappa shape index (κ3) is 5.88. The van der Waals surface area contributed by atoms with Crippen molar-refractivity contribution in [3.8, 4) is 5.82 Å². The Balaban J connectivity index is 1.45. The summed E-state index contributed by atoms with van der Waals surface area (Å²) in [6, 6.07) is 9.72. The van der Waals surface area contributed by atoms with E-state index in [2.05, 4.69) is 61.6 Å². The minimum Gasteiger partial charge on any atom is -0.394 e. The molecule has 11 heteroatoms. The molecule has 1 saturated heterocycles. The van der Waals surface area contributed by atoms with Gasteiger partial charge in [0.2, 0.25) is 11.9 Å². The second-order valence-corrected chi connectivity index (χ2v) is 8.39. The van der Waals surface area contributed by atoms with Crippen molar-refractivity contribution < 1.29 is 9.84 Å². The average molecular weight is 454 g/mol. The van der Waals surface area contributed by atoms with Gasteiger partial charge in [-0.15, -0.1) is 5.10 Å². The minimum absolute atomic E-state index is 0.0153. The van der Waals surface area contributed by atoms with E-state index in [1.807, 2.05) is 12.1 Å². The van der Waals surface area contributed by atoms with Crippen LogP contribution in [0.5, 0.6) is 0 Å². The summed E-state index contributed by atoms with van der Waals surface area (Å²) >= 11 is 0. The van der Waals surface area contributed by atoms with Gasteiger partial charge in [0, 0.05) is 30.5 Å². The van der Waals surface area contributed by atoms with E-state index in [1.54, 1.807) is 6.07 Å². The highest BCUT2D eigenvalue weighted by atomic mass is 16.5. The van der Waals surface area contributed by atoms with Gasteiger partial charge in [-0.3, -0.25) is 0 Å². The number of anilines is 5. The largest absolute Gasteiger partial charge is 0.394 e. The second-order valence-electron chi connectivity index (χ2n) is 8.39. The van der Waals surface area contributed by atoms with Crippen molar-refractivity contribution in [2.45, 2.75) is 26.3 Å². The number of morpholine rings is 1. The zero-order valence-corrected chi connectivity index (χ0v) is 19.0. The highest BCUT2D eigenvalue weighted by Gasteiger charge is 2.15. The molecule has 3 aromatic rings. The summed E-state index contributed by atoms with van der Waals surface area (Å²) < 4.78 is 6.86. The molecule has 1 atom stereocenters. The molecule has 2 aromatic heterocycles. The molecule has 1 aromatic carbocycles. The molecule has 0 spiro atoms. The van der Waals surface area contributed by atoms with Gasteiger partial charge in [-0.2, -0.15) is 9.67 Å². The lowest BCUT2D eigenvalue weighted by Gasteiger charge is -2.28. The van der Waals surface area contributed by atoms with Crippen molar-refractivity contribution in [2.75, 3.05) is 54.2 Å². The van der Waals surface area contributed by atoms with Gasteiger partial charge in [0.1, 0.15) is 12.1 Å². The first-order chi connectivity index (χ1) is 16.0. The van der Waals surface area contributed by atoms with Gasteiger partial charge in [0.15, 0.2) is 5.82 Å². The Morgan fingerprint density at radius 1 is 1.15 bits per heavy atom. The van der Waals surface area contributed by atoms with E-state index in [1.165, 1.54) is 11.0 Å². The molecule has 3 heterocycles. The van der Waals surface area contributed by atoms with Crippen molar-refractivity contribution in [2.24, 2.45) is 5.92 Å². The molecule has 0 unspecified atom stereocenters. The van der Waals surface area contributed by atoms with Crippen LogP contribution in [-0.4, -0.2) is 68.8 Å². The third-order valence-corrected chi connectivity index (χ3v) is 5.33. The number of ether oxygens (including phenoxy) is 1. The van der Waals surface area contributed by atoms with Crippen molar-refractivity contribution in [3.05, 3.63) is 36.7 Å². The highest BCUT2D eigenvalue weighted by Crippen LogP contribution is 2.22. The molecule has 0 saturated carbocycles. The molecule has 0 amide bonds. The first-order valence-electron chi connectivity index (χ1n) is 11.1. The highest BCUT2D eigenvalue weighted by molar-refractivity contribution is 5.60. The van der Waals surface area contributed by atoms with E-state index in [9.17, 15) is 5.11 Å². The maximum absolute atomic E-state index is 9.63. The molecule has 0 bridgehead atoms. The number of benzene rings is 1. The van der Waals surface area contributed by atoms with Crippen LogP contribution in [0.4, 0.5) is 29.1 Å². The lowest BCUT2D eigenvalue weighted by Crippen LogP contribution is -2.36. The number of hydrogen-bond acceptors (Lipinski definition) is 10. The van der Waals surface area contributed by atoms with Crippen LogP contribution in [0.1, 0.15) is 20.3 Å². The lowest BCUT2D eigenvalue weighted by atomic mass is 10.0. The summed E-state index contributed by atoms with van der Waals surface area (Å²) in [5.41, 5.74) is 8.11. The van der Waals surface area contributed by atoms with Crippen molar-refractivity contribution >= 4 is 29.1 Å². The molecule has 1 aliphatic heterocycles. The van der Waals surface area contributed by atoms with Crippen molar-refractivity contribution in [3.63, 3.8) is 0 Å². The number of nitrogen functional groups attached to an aromatic ring is 1. The standard InChI is InChI=1S/C22H31N9O2/c1-15(2)11-17(13-32)26-19-12-20(25-14-24-19)31-21(23)28-22(29-31)27-16-3-5-18(6-4-16)30-7-9-33-10-8-30/h3-6,12,14-15,17,32H,7-11,13H2,1-2H3,(H,24,25,26)(H3,23,27,28,29)/t17-/m0/s1. The summed E-state index contributed by atoms with van der Waals surface area (Å²) in [7, 11) is 0. The maximum atomic E-state index is 9.63. The van der Waals surface area contributed by atoms with Crippen LogP contribution < -0.4 is 21.3 Å². The van der Waals surface area contributed by atoms with Crippen LogP contribution in [0.25, 0.3) is 5.82 Å². The van der Waals surface area contributed by atoms with Crippen LogP contribution in [-0.2, 0) is 4.74 Å². The predicted molar refractivity (Wildman–Crippen MR) is 128 cm³/mol. The number of rotatable bonds is 9. The normalized spacial score (nSPS) is 15.0. The topological polar surface area (TPSA) is 139 Å². The summed E-state index contributed by atoms with van der Waals surface area (Å²) in [4.78, 5) is 15.1. The van der Waals surface area contributed by atoms with Gasteiger partial charge in [-0.25, -0.2) is 9.97 Å². The van der Waals surface area contributed by atoms with E-state index in [0.717, 1.165) is 44.1 Å². The number of aliphatic hydroxyl groups excluding tert-OH is 1. The minimum atomic E-state index is -0.0986. The predicted octanol–water partition coefficient (Wildman–Crippen LogP) is 2.04. The van der Waals surface area contributed by atoms with Crippen LogP contribution >= 0.6 is 0 Å². The first-order valence-corrected chi connectivity index (χ1v) is 11.1. The average Bonchev–Trinajstić information content (AvgIpc) is 3.19. The number of aliphatic hydroxyl groups is 1. The number of nitrogens with zero attached hydrogens (tertiary/aromatic N) is 6. The Morgan fingerprint density at radius 3 is 2.61 bits per heavy atom. The lowest BCUT2D eigenvalue weighted by molar-refractivity contribution is 0.122. The fourth-order valence-electron chi connectivity index (χ4n) is 3.75. The van der Waals surface area contributed by atoms with Gasteiger partial charge in [-0.1, -0.05) is 13.8 Å². The number of nitrogens with one attached hydrogen (secondary N) is 2. The molecule has 5 N–H and O–H groups in total. The van der Waals surface area contributed by atoms with Gasteiger partial charge in [-0.05, 0) is 36.6 Å². The fraction of sp³-hybridized carbons (Fsp3) is 0.455. The molecule has 0 radical (unpaired) electrons. The summed E-state index contributed by atoms with van der Waals surface area (Å²) in [6.45, 7) is 7.51. The first kappa shape index (κ1) is 22.7. The van der Waals surface area contributed by atoms with Crippen molar-refractivity contribution in [1.82, 2.24) is 24.7 Å². The number of aromatic nitrogens is 5. The molecule has 176 valence electrons. The zero-order chi connectivity index (χ0) is 23.2. The quantitative estimate of drug-likeness (QED) is 0.380. The molecular formula is C22H31N9O2. The van der Waals surface area contributed by atoms with Crippen LogP contribution in [0.15, 0.2) is 36.7 Å². The Labute approximate surface area is 193 Å². The summed E-state index contributed by atoms with van der Waals surface area (Å²) in [5.74, 6) is 2.08. The Kier molecular flexibility index (Phi) is 7.20. The van der Waals surface area contributed by atoms with Gasteiger partial charge < -0.3 is 31.1 Å². The van der Waals surface area contributed by atoms with E-state index >= 15 is 0 Å². The van der Waals surface area contributed by atoms with Crippen LogP contribution in [0.3, 0.4) is 0 Å². The van der Waals surface area contributed by atoms with Crippen LogP contribution in [0, 0.1) is 5.92 Å². The summed E-state index contributed by atoms with van der Waals surface area (Å²) in [5, 5.41) is 20.5. The molecule has 4 rings (SSSR count). The maximum Gasteiger partial charge on any atom is 0.248 e. The molecule has 1 fully saturated rings. The second kappa shape index (κ2) is 10.5. The van der Waals surface area contributed by atoms with E-state index in [0.29, 0.717) is 23.5 Å². The van der Waals surface area contributed by atoms with Crippen molar-refractivity contribution in [1.29, 1.82) is 0 Å². The smallest absolute Gasteiger partial charge is 0.248 e. The molecular weight excluding hydrogens is 422 g/mol. The van der Waals surface area contributed by atoms with E-state index in [4.69, 9.17) is 10.5 Å². The molecule has 33 heavy (non-hydrogen) atoms. The number of hydrogen-bond donors (Lipinski definition) is 4. The SMILES string of the molecule is CC(C)C[C@@H](CO)Nc1cc(-n2nc(Nc3ccc(N4CCOCC4)cc3)nc2N)ncn1. The monoisotopic (exact) mass is 453 g/mol.